The quantitative estimate of drug-likeness (QED) is 0.553. The van der Waals surface area contributed by atoms with E-state index in [1.807, 2.05) is 0 Å². The number of likely N-dealkylation sites (tertiary alicyclic amines) is 1. The predicted octanol–water partition coefficient (Wildman–Crippen LogP) is 4.86. The van der Waals surface area contributed by atoms with E-state index in [0.29, 0.717) is 34.5 Å². The van der Waals surface area contributed by atoms with E-state index in [1.54, 1.807) is 60.5 Å². The van der Waals surface area contributed by atoms with Gasteiger partial charge < -0.3 is 20.3 Å². The summed E-state index contributed by atoms with van der Waals surface area (Å²) in [6, 6.07) is 14.0. The number of rotatable bonds is 5. The van der Waals surface area contributed by atoms with Gasteiger partial charge in [-0.1, -0.05) is 22.9 Å². The van der Waals surface area contributed by atoms with Gasteiger partial charge >= 0.3 is 6.03 Å². The van der Waals surface area contributed by atoms with Crippen LogP contribution in [0.25, 0.3) is 0 Å². The highest BCUT2D eigenvalue weighted by Gasteiger charge is 2.27. The molecule has 0 aliphatic carbocycles. The fourth-order valence-corrected chi connectivity index (χ4v) is 4.45. The number of piperidine rings is 1. The largest absolute Gasteiger partial charge is 0.497 e. The molecular formula is C22H22ClN5O3S. The molecule has 3 aromatic rings. The van der Waals surface area contributed by atoms with Gasteiger partial charge in [-0.2, -0.15) is 0 Å². The summed E-state index contributed by atoms with van der Waals surface area (Å²) in [5.74, 6) is 0.600. The molecule has 0 saturated carbocycles. The molecular weight excluding hydrogens is 450 g/mol. The Balaban J connectivity index is 1.29. The topological polar surface area (TPSA) is 96.4 Å². The van der Waals surface area contributed by atoms with Gasteiger partial charge in [0, 0.05) is 35.4 Å². The van der Waals surface area contributed by atoms with Crippen LogP contribution in [0.1, 0.15) is 33.6 Å². The summed E-state index contributed by atoms with van der Waals surface area (Å²) in [4.78, 5) is 26.8. The van der Waals surface area contributed by atoms with Gasteiger partial charge in [-0.3, -0.25) is 4.79 Å². The first-order chi connectivity index (χ1) is 15.5. The molecule has 0 unspecified atom stereocenters. The minimum atomic E-state index is -0.293. The lowest BCUT2D eigenvalue weighted by Crippen LogP contribution is -2.40. The second-order valence-electron chi connectivity index (χ2n) is 7.33. The SMILES string of the molecule is COc1ccc(NC(=O)c2nnc(C3CCN(C(=O)Nc4ccc(Cl)cc4)CC3)s2)cc1. The van der Waals surface area contributed by atoms with E-state index in [4.69, 9.17) is 16.3 Å². The minimum absolute atomic E-state index is 0.136. The number of nitrogens with one attached hydrogen (secondary N) is 2. The molecule has 1 aliphatic heterocycles. The third-order valence-electron chi connectivity index (χ3n) is 5.21. The summed E-state index contributed by atoms with van der Waals surface area (Å²) in [5.41, 5.74) is 1.37. The molecule has 0 spiro atoms. The van der Waals surface area contributed by atoms with Crippen molar-refractivity contribution in [2.75, 3.05) is 30.8 Å². The monoisotopic (exact) mass is 471 g/mol. The molecule has 0 bridgehead atoms. The van der Waals surface area contributed by atoms with Gasteiger partial charge in [0.1, 0.15) is 10.8 Å². The Morgan fingerprint density at radius 3 is 2.28 bits per heavy atom. The molecule has 4 rings (SSSR count). The normalized spacial score (nSPS) is 14.1. The molecule has 10 heteroatoms. The highest BCUT2D eigenvalue weighted by atomic mass is 35.5. The molecule has 1 aromatic heterocycles. The summed E-state index contributed by atoms with van der Waals surface area (Å²) in [5, 5.41) is 15.8. The Kier molecular flexibility index (Phi) is 6.87. The first-order valence-corrected chi connectivity index (χ1v) is 11.3. The maximum atomic E-state index is 12.5. The molecule has 3 amide bonds. The van der Waals surface area contributed by atoms with Crippen LogP contribution in [0.5, 0.6) is 5.75 Å². The summed E-state index contributed by atoms with van der Waals surface area (Å²) in [7, 11) is 1.59. The maximum Gasteiger partial charge on any atom is 0.321 e. The molecule has 8 nitrogen and oxygen atoms in total. The minimum Gasteiger partial charge on any atom is -0.497 e. The third-order valence-corrected chi connectivity index (χ3v) is 6.55. The van der Waals surface area contributed by atoms with Gasteiger partial charge in [-0.15, -0.1) is 10.2 Å². The number of nitrogens with zero attached hydrogens (tertiary/aromatic N) is 3. The van der Waals surface area contributed by atoms with Gasteiger partial charge in [-0.25, -0.2) is 4.79 Å². The standard InChI is InChI=1S/C22H22ClN5O3S/c1-31-18-8-6-16(7-9-18)24-19(29)21-27-26-20(32-21)14-10-12-28(13-11-14)22(30)25-17-4-2-15(23)3-5-17/h2-9,14H,10-13H2,1H3,(H,24,29)(H,25,30). The van der Waals surface area contributed by atoms with E-state index in [0.717, 1.165) is 23.6 Å². The zero-order valence-electron chi connectivity index (χ0n) is 17.4. The number of hydrogen-bond donors (Lipinski definition) is 2. The zero-order chi connectivity index (χ0) is 22.5. The number of anilines is 2. The van der Waals surface area contributed by atoms with E-state index in [9.17, 15) is 9.59 Å². The number of halogens is 1. The molecule has 166 valence electrons. The number of ether oxygens (including phenoxy) is 1. The van der Waals surface area contributed by atoms with Gasteiger partial charge in [0.2, 0.25) is 5.01 Å². The second-order valence-corrected chi connectivity index (χ2v) is 8.77. The number of carbonyl (C=O) groups is 2. The van der Waals surface area contributed by atoms with Crippen LogP contribution in [0.4, 0.5) is 16.2 Å². The van der Waals surface area contributed by atoms with Crippen molar-refractivity contribution in [3.63, 3.8) is 0 Å². The lowest BCUT2D eigenvalue weighted by atomic mass is 9.98. The fraction of sp³-hybridized carbons (Fsp3) is 0.273. The van der Waals surface area contributed by atoms with E-state index in [-0.39, 0.29) is 17.9 Å². The predicted molar refractivity (Wildman–Crippen MR) is 125 cm³/mol. The van der Waals surface area contributed by atoms with Crippen molar-refractivity contribution >= 4 is 46.3 Å². The van der Waals surface area contributed by atoms with Gasteiger partial charge in [-0.05, 0) is 61.4 Å². The van der Waals surface area contributed by atoms with Gasteiger partial charge in [0.25, 0.3) is 5.91 Å². The molecule has 1 aliphatic rings. The highest BCUT2D eigenvalue weighted by Crippen LogP contribution is 2.30. The Labute approximate surface area is 194 Å². The summed E-state index contributed by atoms with van der Waals surface area (Å²) < 4.78 is 5.12. The Bertz CT molecular complexity index is 1080. The van der Waals surface area contributed by atoms with Crippen LogP contribution in [0.15, 0.2) is 48.5 Å². The molecule has 0 radical (unpaired) electrons. The number of benzene rings is 2. The van der Waals surface area contributed by atoms with Crippen molar-refractivity contribution in [2.24, 2.45) is 0 Å². The number of carbonyl (C=O) groups excluding carboxylic acids is 2. The molecule has 32 heavy (non-hydrogen) atoms. The molecule has 2 N–H and O–H groups in total. The van der Waals surface area contributed by atoms with E-state index in [2.05, 4.69) is 20.8 Å². The van der Waals surface area contributed by atoms with Crippen LogP contribution in [0.3, 0.4) is 0 Å². The molecule has 1 saturated heterocycles. The van der Waals surface area contributed by atoms with E-state index in [1.165, 1.54) is 11.3 Å². The number of hydrogen-bond acceptors (Lipinski definition) is 6. The maximum absolute atomic E-state index is 12.5. The number of methoxy groups -OCH3 is 1. The van der Waals surface area contributed by atoms with Crippen molar-refractivity contribution < 1.29 is 14.3 Å². The molecule has 2 aromatic carbocycles. The van der Waals surface area contributed by atoms with Crippen molar-refractivity contribution in [2.45, 2.75) is 18.8 Å². The van der Waals surface area contributed by atoms with Gasteiger partial charge in [0.15, 0.2) is 0 Å². The number of urea groups is 1. The van der Waals surface area contributed by atoms with Gasteiger partial charge in [0.05, 0.1) is 7.11 Å². The van der Waals surface area contributed by atoms with Crippen LogP contribution in [0.2, 0.25) is 5.02 Å². The summed E-state index contributed by atoms with van der Waals surface area (Å²) >= 11 is 7.18. The van der Waals surface area contributed by atoms with Crippen molar-refractivity contribution in [1.82, 2.24) is 15.1 Å². The second kappa shape index (κ2) is 9.97. The van der Waals surface area contributed by atoms with Crippen LogP contribution in [-0.4, -0.2) is 47.2 Å². The summed E-state index contributed by atoms with van der Waals surface area (Å²) in [6.45, 7) is 1.22. The molecule has 1 fully saturated rings. The average molecular weight is 472 g/mol. The number of aromatic nitrogens is 2. The lowest BCUT2D eigenvalue weighted by Gasteiger charge is -2.30. The van der Waals surface area contributed by atoms with Crippen molar-refractivity contribution in [1.29, 1.82) is 0 Å². The van der Waals surface area contributed by atoms with E-state index < -0.39 is 0 Å². The van der Waals surface area contributed by atoms with Crippen LogP contribution < -0.4 is 15.4 Å². The molecule has 2 heterocycles. The van der Waals surface area contributed by atoms with Crippen LogP contribution >= 0.6 is 22.9 Å². The van der Waals surface area contributed by atoms with Crippen LogP contribution in [0, 0.1) is 0 Å². The summed E-state index contributed by atoms with van der Waals surface area (Å²) in [6.07, 6.45) is 1.53. The highest BCUT2D eigenvalue weighted by molar-refractivity contribution is 7.13. The first kappa shape index (κ1) is 22.0. The van der Waals surface area contributed by atoms with Crippen molar-refractivity contribution in [3.8, 4) is 5.75 Å². The Hall–Kier alpha value is -3.17. The average Bonchev–Trinajstić information content (AvgIpc) is 3.32. The Morgan fingerprint density at radius 2 is 1.62 bits per heavy atom. The molecule has 0 atom stereocenters. The van der Waals surface area contributed by atoms with Crippen molar-refractivity contribution in [3.05, 3.63) is 63.6 Å². The fourth-order valence-electron chi connectivity index (χ4n) is 3.42. The zero-order valence-corrected chi connectivity index (χ0v) is 18.9. The lowest BCUT2D eigenvalue weighted by molar-refractivity contribution is 0.102. The van der Waals surface area contributed by atoms with E-state index >= 15 is 0 Å². The smallest absolute Gasteiger partial charge is 0.321 e. The van der Waals surface area contributed by atoms with Crippen LogP contribution in [-0.2, 0) is 0 Å². The third kappa shape index (κ3) is 5.35. The number of amides is 3. The first-order valence-electron chi connectivity index (χ1n) is 10.1. The Morgan fingerprint density at radius 1 is 1.00 bits per heavy atom.